The molecule has 390 valence electrons. The predicted octanol–water partition coefficient (Wildman–Crippen LogP) is 18.1. The smallest absolute Gasteiger partial charge is 0.269 e. The molecule has 0 aliphatic rings. The van der Waals surface area contributed by atoms with E-state index in [2.05, 4.69) is 315 Å². The van der Waals surface area contributed by atoms with Gasteiger partial charge in [-0.15, -0.1) is 0 Å². The van der Waals surface area contributed by atoms with Crippen molar-refractivity contribution in [3.8, 4) is 39.8 Å². The SMILES string of the molecule is CC(C)(C)c1ccnc(-n2c3ccccc3c3c(C(C)(C)C)cc(Oc4cc(-c5ccccc5)cc(-n5[c-][n+](-c6cccc(C(C)(C)c7ccccc7)c6)c(C(C)(C)c6ccccc6)c5C(C)(C)c5ccccc5)c4)cc32)c1. The Kier molecular flexibility index (Phi) is 13.0. The lowest BCUT2D eigenvalue weighted by molar-refractivity contribution is -0.611. The summed E-state index contributed by atoms with van der Waals surface area (Å²) in [6.07, 6.45) is 6.05. The Balaban J connectivity index is 1.19. The van der Waals surface area contributed by atoms with E-state index in [-0.39, 0.29) is 16.2 Å². The second kappa shape index (κ2) is 19.6. The molecule has 0 fully saturated rings. The van der Waals surface area contributed by atoms with Crippen LogP contribution in [-0.4, -0.2) is 14.1 Å². The van der Waals surface area contributed by atoms with E-state index in [1.165, 1.54) is 44.2 Å². The highest BCUT2D eigenvalue weighted by atomic mass is 16.5. The quantitative estimate of drug-likeness (QED) is 0.0903. The first-order chi connectivity index (χ1) is 37.2. The summed E-state index contributed by atoms with van der Waals surface area (Å²) in [6, 6.07) is 76.7. The number of hydrogen-bond donors (Lipinski definition) is 0. The van der Waals surface area contributed by atoms with E-state index in [0.29, 0.717) is 5.75 Å². The van der Waals surface area contributed by atoms with Gasteiger partial charge in [0.2, 0.25) is 0 Å². The van der Waals surface area contributed by atoms with Crippen molar-refractivity contribution in [2.75, 3.05) is 0 Å². The lowest BCUT2D eigenvalue weighted by Gasteiger charge is -2.35. The fourth-order valence-corrected chi connectivity index (χ4v) is 11.7. The van der Waals surface area contributed by atoms with Crippen LogP contribution in [0.1, 0.15) is 128 Å². The van der Waals surface area contributed by atoms with Crippen LogP contribution < -0.4 is 9.30 Å². The van der Waals surface area contributed by atoms with E-state index in [9.17, 15) is 0 Å². The van der Waals surface area contributed by atoms with Crippen LogP contribution in [0.15, 0.2) is 219 Å². The molecule has 0 bridgehead atoms. The van der Waals surface area contributed by atoms with Crippen molar-refractivity contribution in [3.63, 3.8) is 0 Å². The van der Waals surface area contributed by atoms with E-state index in [1.807, 2.05) is 6.20 Å². The molecule has 0 aliphatic heterocycles. The number of ether oxygens (including phenoxy) is 1. The topological polar surface area (TPSA) is 35.9 Å². The summed E-state index contributed by atoms with van der Waals surface area (Å²) < 4.78 is 14.4. The normalized spacial score (nSPS) is 12.6. The minimum atomic E-state index is -0.534. The van der Waals surface area contributed by atoms with Crippen LogP contribution in [0.25, 0.3) is 50.1 Å². The average Bonchev–Trinajstić information content (AvgIpc) is 4.22. The fraction of sp³-hybridized carbons (Fsp3) is 0.233. The third-order valence-corrected chi connectivity index (χ3v) is 16.3. The standard InChI is InChI=1S/C73H72N4O/c1-69(2,3)55-40-41-74-65(45-55)77-63-39-26-25-38-61(63)66-62(70(4,5)6)47-60(48-64(66)77)78-59-43-51(50-28-17-13-18-29-50)42-58(46-59)76-49-75(57-37-27-36-56(44-57)71(7,8)52-30-19-14-20-31-52)67(72(9,10)53-32-21-15-22-33-53)68(76)73(11,12)54-34-23-16-24-35-54/h13-48H,1-12H3. The van der Waals surface area contributed by atoms with Crippen molar-refractivity contribution < 1.29 is 9.30 Å². The van der Waals surface area contributed by atoms with Gasteiger partial charge in [0.15, 0.2) is 0 Å². The van der Waals surface area contributed by atoms with Crippen molar-refractivity contribution in [1.29, 1.82) is 0 Å². The van der Waals surface area contributed by atoms with Gasteiger partial charge in [-0.2, -0.15) is 0 Å². The maximum absolute atomic E-state index is 7.41. The Morgan fingerprint density at radius 3 is 1.63 bits per heavy atom. The van der Waals surface area contributed by atoms with Gasteiger partial charge < -0.3 is 4.74 Å². The van der Waals surface area contributed by atoms with Gasteiger partial charge in [0.25, 0.3) is 6.33 Å². The van der Waals surface area contributed by atoms with Gasteiger partial charge in [0.1, 0.15) is 17.3 Å². The summed E-state index contributed by atoms with van der Waals surface area (Å²) >= 11 is 0. The van der Waals surface area contributed by atoms with Crippen molar-refractivity contribution in [2.45, 2.75) is 110 Å². The molecule has 3 aromatic heterocycles. The van der Waals surface area contributed by atoms with Crippen molar-refractivity contribution in [3.05, 3.63) is 270 Å². The van der Waals surface area contributed by atoms with E-state index >= 15 is 0 Å². The molecule has 0 spiro atoms. The monoisotopic (exact) mass is 1020 g/mol. The van der Waals surface area contributed by atoms with Gasteiger partial charge in [0, 0.05) is 39.3 Å². The second-order valence-corrected chi connectivity index (χ2v) is 24.8. The number of fused-ring (bicyclic) bond motifs is 3. The number of nitrogens with zero attached hydrogens (tertiary/aromatic N) is 4. The largest absolute Gasteiger partial charge is 0.458 e. The number of imidazole rings is 1. The van der Waals surface area contributed by atoms with Crippen molar-refractivity contribution in [1.82, 2.24) is 14.1 Å². The molecule has 11 aromatic rings. The van der Waals surface area contributed by atoms with E-state index in [1.54, 1.807) is 0 Å². The Bertz CT molecular complexity index is 3960. The van der Waals surface area contributed by atoms with Gasteiger partial charge in [-0.25, -0.2) is 4.98 Å². The molecule has 0 atom stereocenters. The van der Waals surface area contributed by atoms with Crippen LogP contribution in [-0.2, 0) is 27.1 Å². The number of rotatable bonds is 12. The predicted molar refractivity (Wildman–Crippen MR) is 323 cm³/mol. The van der Waals surface area contributed by atoms with Gasteiger partial charge in [-0.05, 0) is 110 Å². The minimum Gasteiger partial charge on any atom is -0.458 e. The molecule has 0 saturated carbocycles. The summed E-state index contributed by atoms with van der Waals surface area (Å²) in [5.41, 5.74) is 14.2. The molecule has 0 aliphatic carbocycles. The third kappa shape index (κ3) is 9.44. The van der Waals surface area contributed by atoms with Gasteiger partial charge in [-0.1, -0.05) is 235 Å². The molecule has 5 nitrogen and oxygen atoms in total. The Morgan fingerprint density at radius 1 is 0.436 bits per heavy atom. The summed E-state index contributed by atoms with van der Waals surface area (Å²) in [5.74, 6) is 2.35. The highest BCUT2D eigenvalue weighted by Crippen LogP contribution is 2.46. The molecule has 0 amide bonds. The average molecular weight is 1020 g/mol. The molecule has 11 rings (SSSR count). The lowest BCUT2D eigenvalue weighted by atomic mass is 9.73. The van der Waals surface area contributed by atoms with E-state index < -0.39 is 10.8 Å². The molecule has 0 saturated heterocycles. The summed E-state index contributed by atoms with van der Waals surface area (Å²) in [5, 5.41) is 2.39. The Morgan fingerprint density at radius 2 is 1.00 bits per heavy atom. The van der Waals surface area contributed by atoms with Gasteiger partial charge in [0.05, 0.1) is 33.8 Å². The van der Waals surface area contributed by atoms with E-state index in [0.717, 1.165) is 56.5 Å². The van der Waals surface area contributed by atoms with Crippen molar-refractivity contribution in [2.24, 2.45) is 0 Å². The lowest BCUT2D eigenvalue weighted by Crippen LogP contribution is -2.43. The van der Waals surface area contributed by atoms with E-state index in [4.69, 9.17) is 9.72 Å². The molecular weight excluding hydrogens is 949 g/mol. The highest BCUT2D eigenvalue weighted by molar-refractivity contribution is 6.11. The maximum Gasteiger partial charge on any atom is 0.269 e. The zero-order valence-electron chi connectivity index (χ0n) is 47.5. The first-order valence-electron chi connectivity index (χ1n) is 27.5. The van der Waals surface area contributed by atoms with Crippen LogP contribution in [0.4, 0.5) is 0 Å². The Hall–Kier alpha value is -8.28. The first-order valence-corrected chi connectivity index (χ1v) is 27.5. The van der Waals surface area contributed by atoms with Gasteiger partial charge in [-0.3, -0.25) is 13.7 Å². The number of hydrogen-bond acceptors (Lipinski definition) is 2. The summed E-state index contributed by atoms with van der Waals surface area (Å²) in [6.45, 7) is 27.7. The summed E-state index contributed by atoms with van der Waals surface area (Å²) in [4.78, 5) is 5.05. The van der Waals surface area contributed by atoms with Crippen LogP contribution >= 0.6 is 0 Å². The minimum absolute atomic E-state index is 0.0588. The third-order valence-electron chi connectivity index (χ3n) is 16.3. The van der Waals surface area contributed by atoms with Crippen LogP contribution in [0, 0.1) is 6.33 Å². The zero-order chi connectivity index (χ0) is 54.8. The highest BCUT2D eigenvalue weighted by Gasteiger charge is 2.40. The number of para-hydroxylation sites is 1. The second-order valence-electron chi connectivity index (χ2n) is 24.8. The molecular formula is C73H72N4O. The molecule has 8 aromatic carbocycles. The molecule has 0 radical (unpaired) electrons. The van der Waals surface area contributed by atoms with Crippen LogP contribution in [0.5, 0.6) is 11.5 Å². The zero-order valence-corrected chi connectivity index (χ0v) is 47.5. The number of benzene rings is 8. The molecule has 0 N–H and O–H groups in total. The maximum atomic E-state index is 7.41. The number of pyridine rings is 1. The summed E-state index contributed by atoms with van der Waals surface area (Å²) in [7, 11) is 0. The number of aromatic nitrogens is 4. The molecule has 0 unspecified atom stereocenters. The van der Waals surface area contributed by atoms with Gasteiger partial charge >= 0.3 is 0 Å². The molecule has 78 heavy (non-hydrogen) atoms. The van der Waals surface area contributed by atoms with Crippen LogP contribution in [0.2, 0.25) is 0 Å². The first kappa shape index (κ1) is 51.8. The van der Waals surface area contributed by atoms with Crippen LogP contribution in [0.3, 0.4) is 0 Å². The fourth-order valence-electron chi connectivity index (χ4n) is 11.7. The van der Waals surface area contributed by atoms with Crippen molar-refractivity contribution >= 4 is 21.8 Å². The Labute approximate surface area is 462 Å². The molecule has 3 heterocycles. The molecule has 5 heteroatoms.